The first-order valence-electron chi connectivity index (χ1n) is 9.11. The van der Waals surface area contributed by atoms with Gasteiger partial charge in [-0.2, -0.15) is 15.0 Å². The van der Waals surface area contributed by atoms with Gasteiger partial charge in [0.25, 0.3) is 11.8 Å². The molecule has 0 bridgehead atoms. The Hall–Kier alpha value is -1.97. The van der Waals surface area contributed by atoms with Crippen molar-refractivity contribution in [1.29, 1.82) is 0 Å². The number of hydrogen-bond acceptors (Lipinski definition) is 6. The van der Waals surface area contributed by atoms with Crippen molar-refractivity contribution in [2.75, 3.05) is 10.6 Å². The van der Waals surface area contributed by atoms with Crippen LogP contribution in [-0.2, 0) is 0 Å². The topological polar surface area (TPSA) is 83.0 Å². The van der Waals surface area contributed by atoms with Crippen LogP contribution in [-0.4, -0.2) is 50.1 Å². The first-order chi connectivity index (χ1) is 12.7. The van der Waals surface area contributed by atoms with Crippen LogP contribution in [0.4, 0.5) is 29.5 Å². The van der Waals surface area contributed by atoms with Crippen LogP contribution in [0.25, 0.3) is 5.57 Å². The van der Waals surface area contributed by atoms with Gasteiger partial charge in [0.05, 0.1) is 6.10 Å². The second kappa shape index (κ2) is 6.57. The lowest BCUT2D eigenvalue weighted by Crippen LogP contribution is -2.45. The van der Waals surface area contributed by atoms with E-state index in [1.165, 1.54) is 0 Å². The van der Waals surface area contributed by atoms with Gasteiger partial charge in [-0.3, -0.25) is 0 Å². The molecule has 6 nitrogen and oxygen atoms in total. The number of nitrogens with zero attached hydrogens (tertiary/aromatic N) is 3. The second-order valence-electron chi connectivity index (χ2n) is 7.67. The Morgan fingerprint density at radius 1 is 0.889 bits per heavy atom. The van der Waals surface area contributed by atoms with Crippen LogP contribution in [0.3, 0.4) is 0 Å². The molecule has 1 aromatic rings. The zero-order valence-corrected chi connectivity index (χ0v) is 14.6. The van der Waals surface area contributed by atoms with Gasteiger partial charge in [0.15, 0.2) is 5.82 Å². The summed E-state index contributed by atoms with van der Waals surface area (Å²) in [4.78, 5) is 12.8. The molecule has 1 heterocycles. The largest absolute Gasteiger partial charge is 0.389 e. The highest BCUT2D eigenvalue weighted by Gasteiger charge is 2.46. The van der Waals surface area contributed by atoms with Crippen LogP contribution < -0.4 is 10.6 Å². The fourth-order valence-electron chi connectivity index (χ4n) is 3.63. The molecule has 3 N–H and O–H groups in total. The van der Waals surface area contributed by atoms with Gasteiger partial charge in [0.1, 0.15) is 0 Å². The van der Waals surface area contributed by atoms with E-state index < -0.39 is 30.0 Å². The Bertz CT molecular complexity index is 697. The number of halogens is 4. The molecule has 10 heteroatoms. The molecule has 3 aliphatic carbocycles. The first-order valence-corrected chi connectivity index (χ1v) is 9.11. The number of aliphatic hydroxyl groups excluding tert-OH is 1. The molecule has 0 aliphatic heterocycles. The highest BCUT2D eigenvalue weighted by molar-refractivity contribution is 5.63. The highest BCUT2D eigenvalue weighted by atomic mass is 19.3. The van der Waals surface area contributed by atoms with Crippen LogP contribution in [0.1, 0.15) is 50.8 Å². The maximum Gasteiger partial charge on any atom is 0.252 e. The lowest BCUT2D eigenvalue weighted by molar-refractivity contribution is -0.0799. The third-order valence-corrected chi connectivity index (χ3v) is 5.11. The molecule has 2 fully saturated rings. The van der Waals surface area contributed by atoms with E-state index in [4.69, 9.17) is 0 Å². The monoisotopic (exact) mass is 387 g/mol. The van der Waals surface area contributed by atoms with E-state index in [0.29, 0.717) is 18.7 Å². The third kappa shape index (κ3) is 4.31. The van der Waals surface area contributed by atoms with Crippen LogP contribution in [0.5, 0.6) is 0 Å². The number of allylic oxidation sites excluding steroid dienone is 1. The van der Waals surface area contributed by atoms with Crippen molar-refractivity contribution in [2.24, 2.45) is 0 Å². The SMILES string of the molecule is O[C@@H]1C=C(c2nc(NC3CC(F)(F)C3)nc(NC3CC(F)(F)C3)n2)CCC1. The molecule has 4 rings (SSSR count). The molecule has 0 amide bonds. The summed E-state index contributed by atoms with van der Waals surface area (Å²) in [5.74, 6) is -4.76. The van der Waals surface area contributed by atoms with Gasteiger partial charge < -0.3 is 15.7 Å². The number of nitrogens with one attached hydrogen (secondary N) is 2. The lowest BCUT2D eigenvalue weighted by Gasteiger charge is -2.36. The van der Waals surface area contributed by atoms with E-state index in [2.05, 4.69) is 25.6 Å². The average Bonchev–Trinajstić information content (AvgIpc) is 2.51. The molecule has 1 atom stereocenters. The van der Waals surface area contributed by atoms with E-state index in [1.807, 2.05) is 0 Å². The summed E-state index contributed by atoms with van der Waals surface area (Å²) < 4.78 is 52.3. The van der Waals surface area contributed by atoms with E-state index in [-0.39, 0.29) is 37.6 Å². The van der Waals surface area contributed by atoms with Gasteiger partial charge >= 0.3 is 0 Å². The van der Waals surface area contributed by atoms with Gasteiger partial charge in [0.2, 0.25) is 11.9 Å². The van der Waals surface area contributed by atoms with Crippen molar-refractivity contribution in [1.82, 2.24) is 15.0 Å². The number of anilines is 2. The Morgan fingerprint density at radius 2 is 1.41 bits per heavy atom. The summed E-state index contributed by atoms with van der Waals surface area (Å²) in [6, 6.07) is -0.885. The van der Waals surface area contributed by atoms with Gasteiger partial charge in [-0.05, 0) is 30.9 Å². The smallest absolute Gasteiger partial charge is 0.252 e. The minimum Gasteiger partial charge on any atom is -0.389 e. The predicted octanol–water partition coefficient (Wildman–Crippen LogP) is 3.22. The fourth-order valence-corrected chi connectivity index (χ4v) is 3.63. The van der Waals surface area contributed by atoms with Crippen LogP contribution in [0.15, 0.2) is 6.08 Å². The van der Waals surface area contributed by atoms with Crippen molar-refractivity contribution < 1.29 is 22.7 Å². The maximum absolute atomic E-state index is 13.1. The second-order valence-corrected chi connectivity index (χ2v) is 7.67. The molecule has 27 heavy (non-hydrogen) atoms. The summed E-state index contributed by atoms with van der Waals surface area (Å²) in [7, 11) is 0. The lowest BCUT2D eigenvalue weighted by atomic mass is 9.88. The number of rotatable bonds is 5. The van der Waals surface area contributed by atoms with Gasteiger partial charge in [0, 0.05) is 37.8 Å². The number of aliphatic hydroxyl groups is 1. The minimum absolute atomic E-state index is 0.134. The van der Waals surface area contributed by atoms with Crippen molar-refractivity contribution in [2.45, 2.75) is 75.0 Å². The molecule has 148 valence electrons. The number of aromatic nitrogens is 3. The zero-order valence-electron chi connectivity index (χ0n) is 14.6. The molecule has 3 aliphatic rings. The number of alkyl halides is 4. The Labute approximate surface area is 153 Å². The maximum atomic E-state index is 13.1. The van der Waals surface area contributed by atoms with Gasteiger partial charge in [-0.1, -0.05) is 0 Å². The molecule has 1 aromatic heterocycles. The summed E-state index contributed by atoms with van der Waals surface area (Å²) in [6.07, 6.45) is 1.98. The van der Waals surface area contributed by atoms with Crippen molar-refractivity contribution in [3.63, 3.8) is 0 Å². The van der Waals surface area contributed by atoms with Gasteiger partial charge in [-0.15, -0.1) is 0 Å². The Balaban J connectivity index is 1.54. The van der Waals surface area contributed by atoms with Crippen molar-refractivity contribution in [3.05, 3.63) is 11.9 Å². The minimum atomic E-state index is -2.68. The fraction of sp³-hybridized carbons (Fsp3) is 0.706. The quantitative estimate of drug-likeness (QED) is 0.673. The summed E-state index contributed by atoms with van der Waals surface area (Å²) in [5, 5.41) is 15.6. The van der Waals surface area contributed by atoms with Crippen LogP contribution in [0.2, 0.25) is 0 Å². The Kier molecular flexibility index (Phi) is 4.48. The number of hydrogen-bond donors (Lipinski definition) is 3. The molecule has 0 radical (unpaired) electrons. The van der Waals surface area contributed by atoms with Crippen LogP contribution >= 0.6 is 0 Å². The summed E-state index contributed by atoms with van der Waals surface area (Å²) in [6.45, 7) is 0. The molecule has 0 unspecified atom stereocenters. The summed E-state index contributed by atoms with van der Waals surface area (Å²) >= 11 is 0. The van der Waals surface area contributed by atoms with E-state index in [9.17, 15) is 22.7 Å². The van der Waals surface area contributed by atoms with E-state index in [0.717, 1.165) is 12.0 Å². The molecule has 0 spiro atoms. The summed E-state index contributed by atoms with van der Waals surface area (Å²) in [5.41, 5.74) is 0.736. The zero-order chi connectivity index (χ0) is 19.2. The molecule has 0 aromatic carbocycles. The van der Waals surface area contributed by atoms with E-state index >= 15 is 0 Å². The molecule has 2 saturated carbocycles. The van der Waals surface area contributed by atoms with Crippen molar-refractivity contribution >= 4 is 17.5 Å². The predicted molar refractivity (Wildman–Crippen MR) is 90.8 cm³/mol. The first kappa shape index (κ1) is 18.4. The van der Waals surface area contributed by atoms with Crippen molar-refractivity contribution in [3.8, 4) is 0 Å². The Morgan fingerprint density at radius 3 is 1.85 bits per heavy atom. The average molecular weight is 387 g/mol. The van der Waals surface area contributed by atoms with Gasteiger partial charge in [-0.25, -0.2) is 17.6 Å². The standard InChI is InChI=1S/C17H21F4N5O/c18-16(19)5-10(6-16)22-14-24-13(9-2-1-3-12(27)4-9)25-15(26-14)23-11-7-17(20,21)8-11/h4,10-12,27H,1-3,5-8H2,(H2,22,23,24,25,26)/t12-/m0/s1. The molecule has 0 saturated heterocycles. The van der Waals surface area contributed by atoms with Crippen LogP contribution in [0, 0.1) is 0 Å². The third-order valence-electron chi connectivity index (χ3n) is 5.11. The highest BCUT2D eigenvalue weighted by Crippen LogP contribution is 2.40. The normalized spacial score (nSPS) is 27.3. The molecular weight excluding hydrogens is 366 g/mol. The van der Waals surface area contributed by atoms with E-state index in [1.54, 1.807) is 6.08 Å². The molecular formula is C17H21F4N5O.